The molecule has 1 heterocycles. The van der Waals surface area contributed by atoms with Gasteiger partial charge in [0.05, 0.1) is 7.11 Å². The summed E-state index contributed by atoms with van der Waals surface area (Å²) in [7, 11) is 1.60. The van der Waals surface area contributed by atoms with Crippen LogP contribution < -0.4 is 10.1 Å². The summed E-state index contributed by atoms with van der Waals surface area (Å²) in [6, 6.07) is 14.2. The Morgan fingerprint density at radius 3 is 2.68 bits per heavy atom. The molecule has 4 nitrogen and oxygen atoms in total. The maximum atomic E-state index is 13.8. The summed E-state index contributed by atoms with van der Waals surface area (Å²) >= 11 is 0. The number of piperidine rings is 1. The Bertz CT molecular complexity index is 727. The standard InChI is InChI=1S/C20H23FN2O2/c1-25-18-7-4-6-17(13-18)22-20(24)15-9-11-23(12-10-15)14-16-5-2-3-8-19(16)21/h2-8,13,15H,9-12,14H2,1H3,(H,22,24). The zero-order valence-corrected chi connectivity index (χ0v) is 14.4. The Balaban J connectivity index is 1.51. The molecule has 1 aliphatic heterocycles. The van der Waals surface area contributed by atoms with Crippen molar-refractivity contribution in [3.05, 3.63) is 59.9 Å². The highest BCUT2D eigenvalue weighted by Gasteiger charge is 2.25. The molecule has 1 aliphatic rings. The number of nitrogens with zero attached hydrogens (tertiary/aromatic N) is 1. The molecular weight excluding hydrogens is 319 g/mol. The number of likely N-dealkylation sites (tertiary alicyclic amines) is 1. The van der Waals surface area contributed by atoms with E-state index in [0.29, 0.717) is 12.1 Å². The minimum absolute atomic E-state index is 0.0110. The summed E-state index contributed by atoms with van der Waals surface area (Å²) in [5, 5.41) is 2.96. The first-order chi connectivity index (χ1) is 12.2. The third-order valence-electron chi connectivity index (χ3n) is 4.65. The van der Waals surface area contributed by atoms with E-state index in [1.54, 1.807) is 13.2 Å². The number of anilines is 1. The number of hydrogen-bond donors (Lipinski definition) is 1. The highest BCUT2D eigenvalue weighted by atomic mass is 19.1. The fourth-order valence-corrected chi connectivity index (χ4v) is 3.17. The van der Waals surface area contributed by atoms with Crippen molar-refractivity contribution >= 4 is 11.6 Å². The predicted octanol–water partition coefficient (Wildman–Crippen LogP) is 3.69. The van der Waals surface area contributed by atoms with Gasteiger partial charge in [0.1, 0.15) is 11.6 Å². The molecule has 0 spiro atoms. The number of nitrogens with one attached hydrogen (secondary N) is 1. The van der Waals surface area contributed by atoms with E-state index in [2.05, 4.69) is 10.2 Å². The number of ether oxygens (including phenoxy) is 1. The molecule has 1 amide bonds. The highest BCUT2D eigenvalue weighted by molar-refractivity contribution is 5.92. The van der Waals surface area contributed by atoms with Gasteiger partial charge in [0.25, 0.3) is 0 Å². The van der Waals surface area contributed by atoms with Gasteiger partial charge in [-0.25, -0.2) is 4.39 Å². The van der Waals surface area contributed by atoms with E-state index in [9.17, 15) is 9.18 Å². The van der Waals surface area contributed by atoms with Crippen molar-refractivity contribution < 1.29 is 13.9 Å². The first-order valence-electron chi connectivity index (χ1n) is 8.56. The number of amides is 1. The van der Waals surface area contributed by atoms with E-state index in [0.717, 1.165) is 37.4 Å². The number of hydrogen-bond acceptors (Lipinski definition) is 3. The average molecular weight is 342 g/mol. The quantitative estimate of drug-likeness (QED) is 0.901. The van der Waals surface area contributed by atoms with Gasteiger partial charge in [0, 0.05) is 29.8 Å². The Kier molecular flexibility index (Phi) is 5.66. The van der Waals surface area contributed by atoms with Crippen molar-refractivity contribution in [3.8, 4) is 5.75 Å². The van der Waals surface area contributed by atoms with E-state index in [1.807, 2.05) is 36.4 Å². The van der Waals surface area contributed by atoms with Crippen LogP contribution in [0.2, 0.25) is 0 Å². The zero-order valence-electron chi connectivity index (χ0n) is 14.4. The summed E-state index contributed by atoms with van der Waals surface area (Å²) in [6.45, 7) is 2.19. The zero-order chi connectivity index (χ0) is 17.6. The molecule has 25 heavy (non-hydrogen) atoms. The Labute approximate surface area is 147 Å². The van der Waals surface area contributed by atoms with Gasteiger partial charge < -0.3 is 10.1 Å². The minimum Gasteiger partial charge on any atom is -0.497 e. The summed E-state index contributed by atoms with van der Waals surface area (Å²) in [5.74, 6) is 0.583. The topological polar surface area (TPSA) is 41.6 Å². The van der Waals surface area contributed by atoms with Crippen molar-refractivity contribution in [2.75, 3.05) is 25.5 Å². The lowest BCUT2D eigenvalue weighted by molar-refractivity contribution is -0.121. The number of methoxy groups -OCH3 is 1. The van der Waals surface area contributed by atoms with E-state index in [4.69, 9.17) is 4.74 Å². The first-order valence-corrected chi connectivity index (χ1v) is 8.56. The molecule has 3 rings (SSSR count). The van der Waals surface area contributed by atoms with Gasteiger partial charge >= 0.3 is 0 Å². The summed E-state index contributed by atoms with van der Waals surface area (Å²) in [4.78, 5) is 14.7. The van der Waals surface area contributed by atoms with Crippen LogP contribution in [0.25, 0.3) is 0 Å². The fraction of sp³-hybridized carbons (Fsp3) is 0.350. The summed E-state index contributed by atoms with van der Waals surface area (Å²) < 4.78 is 18.9. The molecule has 0 unspecified atom stereocenters. The lowest BCUT2D eigenvalue weighted by atomic mass is 9.95. The van der Waals surface area contributed by atoms with Crippen LogP contribution in [0.15, 0.2) is 48.5 Å². The maximum Gasteiger partial charge on any atom is 0.227 e. The van der Waals surface area contributed by atoms with Gasteiger partial charge in [-0.2, -0.15) is 0 Å². The number of halogens is 1. The van der Waals surface area contributed by atoms with Crippen LogP contribution in [0.4, 0.5) is 10.1 Å². The number of carbonyl (C=O) groups is 1. The third kappa shape index (κ3) is 4.57. The molecule has 1 fully saturated rings. The molecule has 0 bridgehead atoms. The van der Waals surface area contributed by atoms with E-state index >= 15 is 0 Å². The number of rotatable bonds is 5. The van der Waals surface area contributed by atoms with Crippen molar-refractivity contribution in [3.63, 3.8) is 0 Å². The molecule has 0 atom stereocenters. The smallest absolute Gasteiger partial charge is 0.227 e. The molecule has 0 radical (unpaired) electrons. The van der Waals surface area contributed by atoms with Gasteiger partial charge in [0.15, 0.2) is 0 Å². The van der Waals surface area contributed by atoms with Crippen LogP contribution in [0.1, 0.15) is 18.4 Å². The van der Waals surface area contributed by atoms with Gasteiger partial charge in [-0.1, -0.05) is 24.3 Å². The highest BCUT2D eigenvalue weighted by Crippen LogP contribution is 2.23. The molecule has 1 N–H and O–H groups in total. The second-order valence-corrected chi connectivity index (χ2v) is 6.36. The van der Waals surface area contributed by atoms with Crippen LogP contribution in [-0.4, -0.2) is 31.0 Å². The summed E-state index contributed by atoms with van der Waals surface area (Å²) in [6.07, 6.45) is 1.56. The van der Waals surface area contributed by atoms with Crippen LogP contribution in [0.5, 0.6) is 5.75 Å². The predicted molar refractivity (Wildman–Crippen MR) is 96.0 cm³/mol. The Morgan fingerprint density at radius 1 is 1.20 bits per heavy atom. The van der Waals surface area contributed by atoms with Crippen molar-refractivity contribution in [1.29, 1.82) is 0 Å². The second-order valence-electron chi connectivity index (χ2n) is 6.36. The normalized spacial score (nSPS) is 15.8. The van der Waals surface area contributed by atoms with Gasteiger partial charge in [-0.3, -0.25) is 9.69 Å². The lowest BCUT2D eigenvalue weighted by Crippen LogP contribution is -2.37. The van der Waals surface area contributed by atoms with E-state index in [-0.39, 0.29) is 17.6 Å². The van der Waals surface area contributed by atoms with Crippen molar-refractivity contribution in [2.45, 2.75) is 19.4 Å². The fourth-order valence-electron chi connectivity index (χ4n) is 3.17. The molecule has 2 aromatic rings. The van der Waals surface area contributed by atoms with Crippen LogP contribution in [-0.2, 0) is 11.3 Å². The number of benzene rings is 2. The maximum absolute atomic E-state index is 13.8. The van der Waals surface area contributed by atoms with Crippen LogP contribution >= 0.6 is 0 Å². The first kappa shape index (κ1) is 17.4. The Hall–Kier alpha value is -2.40. The van der Waals surface area contributed by atoms with Crippen molar-refractivity contribution in [2.24, 2.45) is 5.92 Å². The van der Waals surface area contributed by atoms with Crippen LogP contribution in [0, 0.1) is 11.7 Å². The molecule has 132 valence electrons. The molecule has 2 aromatic carbocycles. The minimum atomic E-state index is -0.166. The molecule has 1 saturated heterocycles. The van der Waals surface area contributed by atoms with Gasteiger partial charge in [0.2, 0.25) is 5.91 Å². The van der Waals surface area contributed by atoms with Crippen LogP contribution in [0.3, 0.4) is 0 Å². The largest absolute Gasteiger partial charge is 0.497 e. The van der Waals surface area contributed by atoms with Gasteiger partial charge in [-0.15, -0.1) is 0 Å². The SMILES string of the molecule is COc1cccc(NC(=O)C2CCN(Cc3ccccc3F)CC2)c1. The second kappa shape index (κ2) is 8.12. The lowest BCUT2D eigenvalue weighted by Gasteiger charge is -2.31. The third-order valence-corrected chi connectivity index (χ3v) is 4.65. The molecule has 0 aliphatic carbocycles. The monoisotopic (exact) mass is 342 g/mol. The molecule has 0 saturated carbocycles. The Morgan fingerprint density at radius 2 is 1.96 bits per heavy atom. The molecule has 5 heteroatoms. The molecule has 0 aromatic heterocycles. The van der Waals surface area contributed by atoms with E-state index < -0.39 is 0 Å². The van der Waals surface area contributed by atoms with Crippen molar-refractivity contribution in [1.82, 2.24) is 4.90 Å². The van der Waals surface area contributed by atoms with E-state index in [1.165, 1.54) is 6.07 Å². The summed E-state index contributed by atoms with van der Waals surface area (Å²) in [5.41, 5.74) is 1.46. The number of carbonyl (C=O) groups excluding carboxylic acids is 1. The average Bonchev–Trinajstić information content (AvgIpc) is 2.64. The molecular formula is C20H23FN2O2. The van der Waals surface area contributed by atoms with Gasteiger partial charge in [-0.05, 0) is 44.1 Å².